The first-order valence-electron chi connectivity index (χ1n) is 8.11. The number of hydrogen-bond acceptors (Lipinski definition) is 0. The van der Waals surface area contributed by atoms with E-state index in [1.54, 1.807) is 0 Å². The van der Waals surface area contributed by atoms with Crippen LogP contribution in [0.25, 0.3) is 0 Å². The second-order valence-electron chi connectivity index (χ2n) is 5.68. The van der Waals surface area contributed by atoms with Crippen molar-refractivity contribution in [1.82, 2.24) is 0 Å². The first-order valence-corrected chi connectivity index (χ1v) is 8.11. The Balaban J connectivity index is -0.000000308. The summed E-state index contributed by atoms with van der Waals surface area (Å²) in [6, 6.07) is 13.1. The average Bonchev–Trinajstić information content (AvgIpc) is 3.04. The Labute approximate surface area is 174 Å². The van der Waals surface area contributed by atoms with Gasteiger partial charge in [0, 0.05) is 0 Å². The Bertz CT molecular complexity index is 427. The molecule has 3 heteroatoms. The van der Waals surface area contributed by atoms with Crippen LogP contribution in [0.3, 0.4) is 0 Å². The van der Waals surface area contributed by atoms with E-state index in [0.717, 1.165) is 0 Å². The van der Waals surface area contributed by atoms with E-state index < -0.39 is 0 Å². The molecule has 0 heterocycles. The van der Waals surface area contributed by atoms with Crippen molar-refractivity contribution in [1.29, 1.82) is 0 Å². The summed E-state index contributed by atoms with van der Waals surface area (Å²) < 4.78 is 0. The molecule has 0 atom stereocenters. The zero-order valence-corrected chi connectivity index (χ0v) is 20.1. The van der Waals surface area contributed by atoms with Crippen LogP contribution in [0.5, 0.6) is 0 Å². The van der Waals surface area contributed by atoms with Crippen molar-refractivity contribution in [2.24, 2.45) is 0 Å². The molecule has 0 fully saturated rings. The minimum atomic E-state index is 0. The van der Waals surface area contributed by atoms with Gasteiger partial charge in [-0.15, -0.1) is 0 Å². The number of halogens is 2. The predicted molar refractivity (Wildman–Crippen MR) is 90.8 cm³/mol. The molecule has 0 N–H and O–H groups in total. The van der Waals surface area contributed by atoms with E-state index in [9.17, 15) is 0 Å². The molecule has 0 aliphatic rings. The van der Waals surface area contributed by atoms with Gasteiger partial charge < -0.3 is 24.8 Å². The maximum atomic E-state index is 2.23. The molecule has 0 bridgehead atoms. The molecular formula is C20H30Cl2Hf. The smallest absolute Gasteiger partial charge is 1.00 e. The molecule has 0 aliphatic heterocycles. The van der Waals surface area contributed by atoms with Gasteiger partial charge >= 0.3 is 25.8 Å². The molecular weight excluding hydrogens is 490 g/mol. The molecule has 2 aromatic carbocycles. The van der Waals surface area contributed by atoms with E-state index in [2.05, 4.69) is 64.1 Å². The van der Waals surface area contributed by atoms with Crippen molar-refractivity contribution in [3.05, 3.63) is 58.7 Å². The van der Waals surface area contributed by atoms with Gasteiger partial charge in [0.05, 0.1) is 0 Å². The van der Waals surface area contributed by atoms with Gasteiger partial charge in [-0.1, -0.05) is 66.2 Å². The van der Waals surface area contributed by atoms with Crippen LogP contribution >= 0.6 is 0 Å². The Morgan fingerprint density at radius 2 is 1.09 bits per heavy atom. The quantitative estimate of drug-likeness (QED) is 0.376. The Kier molecular flexibility index (Phi) is 20.7. The van der Waals surface area contributed by atoms with Crippen LogP contribution in [0.2, 0.25) is 0 Å². The monoisotopic (exact) mass is 520 g/mol. The van der Waals surface area contributed by atoms with E-state index in [1.807, 2.05) is 0 Å². The molecule has 0 nitrogen and oxygen atoms in total. The standard InChI is InChI=1S/2C10H15.2ClH.Hf/c2*1-3-4-7-10-8-5-6-9(10)2;;;/h2*5-6,8H,3-4,7H2,1-2H3;2*1H;/q2*-1;;;+4/p-2. The van der Waals surface area contributed by atoms with Crippen molar-refractivity contribution in [3.8, 4) is 0 Å². The summed E-state index contributed by atoms with van der Waals surface area (Å²) in [4.78, 5) is 0. The van der Waals surface area contributed by atoms with Gasteiger partial charge in [0.15, 0.2) is 0 Å². The number of aryl methyl sites for hydroxylation is 4. The fourth-order valence-electron chi connectivity index (χ4n) is 2.39. The van der Waals surface area contributed by atoms with Gasteiger partial charge in [-0.05, 0) is 0 Å². The Morgan fingerprint density at radius 3 is 1.30 bits per heavy atom. The maximum Gasteiger partial charge on any atom is 4.00 e. The summed E-state index contributed by atoms with van der Waals surface area (Å²) in [5.74, 6) is 0. The van der Waals surface area contributed by atoms with Crippen molar-refractivity contribution in [2.75, 3.05) is 0 Å². The van der Waals surface area contributed by atoms with Crippen molar-refractivity contribution < 1.29 is 50.7 Å². The second-order valence-corrected chi connectivity index (χ2v) is 5.68. The molecule has 0 saturated heterocycles. The van der Waals surface area contributed by atoms with Crippen molar-refractivity contribution in [2.45, 2.75) is 66.2 Å². The number of unbranched alkanes of at least 4 members (excludes halogenated alkanes) is 2. The molecule has 23 heavy (non-hydrogen) atoms. The predicted octanol–water partition coefficient (Wildman–Crippen LogP) is 0.119. The third kappa shape index (κ3) is 11.3. The molecule has 0 spiro atoms. The van der Waals surface area contributed by atoms with Crippen LogP contribution < -0.4 is 24.8 Å². The summed E-state index contributed by atoms with van der Waals surface area (Å²) in [5, 5.41) is 0. The largest absolute Gasteiger partial charge is 4.00 e. The van der Waals surface area contributed by atoms with E-state index in [-0.39, 0.29) is 50.7 Å². The average molecular weight is 520 g/mol. The minimum Gasteiger partial charge on any atom is -1.00 e. The maximum absolute atomic E-state index is 2.23. The third-order valence-corrected chi connectivity index (χ3v) is 3.90. The summed E-state index contributed by atoms with van der Waals surface area (Å²) in [6.07, 6.45) is 7.76. The molecule has 0 amide bonds. The van der Waals surface area contributed by atoms with Gasteiger partial charge in [-0.2, -0.15) is 34.4 Å². The second kappa shape index (κ2) is 17.0. The summed E-state index contributed by atoms with van der Waals surface area (Å²) in [7, 11) is 0. The van der Waals surface area contributed by atoms with Crippen molar-refractivity contribution >= 4 is 0 Å². The van der Waals surface area contributed by atoms with Crippen LogP contribution in [0.15, 0.2) is 36.4 Å². The van der Waals surface area contributed by atoms with Gasteiger partial charge in [0.1, 0.15) is 0 Å². The molecule has 0 radical (unpaired) electrons. The summed E-state index contributed by atoms with van der Waals surface area (Å²) in [5.41, 5.74) is 5.96. The topological polar surface area (TPSA) is 0 Å². The summed E-state index contributed by atoms with van der Waals surface area (Å²) in [6.45, 7) is 8.84. The van der Waals surface area contributed by atoms with Crippen LogP contribution in [-0.2, 0) is 38.7 Å². The molecule has 128 valence electrons. The van der Waals surface area contributed by atoms with Crippen LogP contribution in [0.1, 0.15) is 61.8 Å². The van der Waals surface area contributed by atoms with E-state index in [0.29, 0.717) is 0 Å². The molecule has 0 aromatic heterocycles. The molecule has 0 saturated carbocycles. The Morgan fingerprint density at radius 1 is 0.739 bits per heavy atom. The Hall–Kier alpha value is 0.150. The van der Waals surface area contributed by atoms with E-state index in [4.69, 9.17) is 0 Å². The molecule has 2 aromatic rings. The minimum absolute atomic E-state index is 0. The van der Waals surface area contributed by atoms with Crippen LogP contribution in [-0.4, -0.2) is 0 Å². The first-order chi connectivity index (χ1) is 9.69. The van der Waals surface area contributed by atoms with Gasteiger partial charge in [-0.3, -0.25) is 0 Å². The SMILES string of the molecule is CCCCc1ccc[c-]1C.CCCCc1ccc[c-]1C.[Cl-].[Cl-].[Hf+4]. The fraction of sp³-hybridized carbons (Fsp3) is 0.500. The third-order valence-electron chi connectivity index (χ3n) is 3.90. The fourth-order valence-corrected chi connectivity index (χ4v) is 2.39. The number of hydrogen-bond donors (Lipinski definition) is 0. The van der Waals surface area contributed by atoms with Crippen LogP contribution in [0, 0.1) is 13.8 Å². The number of rotatable bonds is 6. The molecule has 2 rings (SSSR count). The van der Waals surface area contributed by atoms with Gasteiger partial charge in [-0.25, -0.2) is 24.3 Å². The molecule has 0 aliphatic carbocycles. The normalized spacial score (nSPS) is 8.87. The summed E-state index contributed by atoms with van der Waals surface area (Å²) >= 11 is 0. The first kappa shape index (κ1) is 28.0. The zero-order valence-electron chi connectivity index (χ0n) is 15.0. The molecule has 0 unspecified atom stereocenters. The van der Waals surface area contributed by atoms with E-state index in [1.165, 1.54) is 60.8 Å². The van der Waals surface area contributed by atoms with Gasteiger partial charge in [0.2, 0.25) is 0 Å². The van der Waals surface area contributed by atoms with Gasteiger partial charge in [0.25, 0.3) is 0 Å². The van der Waals surface area contributed by atoms with E-state index >= 15 is 0 Å². The zero-order chi connectivity index (χ0) is 14.8. The van der Waals surface area contributed by atoms with Crippen molar-refractivity contribution in [3.63, 3.8) is 0 Å². The van der Waals surface area contributed by atoms with Crippen LogP contribution in [0.4, 0.5) is 0 Å².